The number of anilines is 1. The summed E-state index contributed by atoms with van der Waals surface area (Å²) >= 11 is 15.2. The lowest BCUT2D eigenvalue weighted by Crippen LogP contribution is -2.30. The molecular weight excluding hydrogens is 297 g/mol. The molecule has 0 aromatic heterocycles. The van der Waals surface area contributed by atoms with Crippen LogP contribution in [0, 0.1) is 0 Å². The van der Waals surface area contributed by atoms with E-state index in [0.29, 0.717) is 15.7 Å². The van der Waals surface area contributed by atoms with E-state index in [9.17, 15) is 4.79 Å². The van der Waals surface area contributed by atoms with Crippen LogP contribution in [-0.2, 0) is 4.79 Å². The van der Waals surface area contributed by atoms with Gasteiger partial charge in [0, 0.05) is 22.9 Å². The highest BCUT2D eigenvalue weighted by atomic mass is 35.5. The minimum absolute atomic E-state index is 0.0307. The Bertz CT molecular complexity index is 422. The molecule has 1 aromatic rings. The fourth-order valence-electron chi connectivity index (χ4n) is 1.44. The van der Waals surface area contributed by atoms with Crippen molar-refractivity contribution in [3.63, 3.8) is 0 Å². The second-order valence-corrected chi connectivity index (χ2v) is 6.83. The summed E-state index contributed by atoms with van der Waals surface area (Å²) in [4.78, 5) is 11.9. The quantitative estimate of drug-likeness (QED) is 0.901. The maximum atomic E-state index is 11.9. The standard InChI is InChI=1S/C11H11Cl2NOS2/c12-8-2-1-7(5-9(8)13)14-11(15)10-6-16-3-4-17-10/h1-2,5,10H,3-4,6H2,(H,14,15). The first-order chi connectivity index (χ1) is 8.16. The number of benzene rings is 1. The number of amides is 1. The van der Waals surface area contributed by atoms with Crippen LogP contribution in [0.15, 0.2) is 18.2 Å². The first-order valence-corrected chi connectivity index (χ1v) is 8.08. The molecule has 2 nitrogen and oxygen atoms in total. The van der Waals surface area contributed by atoms with Gasteiger partial charge in [-0.2, -0.15) is 11.8 Å². The maximum Gasteiger partial charge on any atom is 0.238 e. The number of hydrogen-bond acceptors (Lipinski definition) is 3. The zero-order chi connectivity index (χ0) is 12.3. The van der Waals surface area contributed by atoms with Crippen LogP contribution in [0.5, 0.6) is 0 Å². The first-order valence-electron chi connectivity index (χ1n) is 5.12. The number of carbonyl (C=O) groups is 1. The summed E-state index contributed by atoms with van der Waals surface area (Å²) in [6.07, 6.45) is 0. The highest BCUT2D eigenvalue weighted by Gasteiger charge is 2.22. The molecule has 1 N–H and O–H groups in total. The SMILES string of the molecule is O=C(Nc1ccc(Cl)c(Cl)c1)C1CSCCS1. The molecule has 1 saturated heterocycles. The zero-order valence-corrected chi connectivity index (χ0v) is 12.1. The number of hydrogen-bond donors (Lipinski definition) is 1. The maximum absolute atomic E-state index is 11.9. The van der Waals surface area contributed by atoms with Gasteiger partial charge in [-0.3, -0.25) is 4.79 Å². The van der Waals surface area contributed by atoms with Crippen LogP contribution < -0.4 is 5.32 Å². The molecule has 92 valence electrons. The van der Waals surface area contributed by atoms with Gasteiger partial charge in [-0.15, -0.1) is 11.8 Å². The van der Waals surface area contributed by atoms with Gasteiger partial charge in [0.15, 0.2) is 0 Å². The van der Waals surface area contributed by atoms with Crippen molar-refractivity contribution in [3.05, 3.63) is 28.2 Å². The predicted molar refractivity (Wildman–Crippen MR) is 78.7 cm³/mol. The smallest absolute Gasteiger partial charge is 0.238 e. The Hall–Kier alpha value is -0.0300. The third-order valence-corrected chi connectivity index (χ3v) is 5.79. The van der Waals surface area contributed by atoms with Gasteiger partial charge in [-0.25, -0.2) is 0 Å². The number of nitrogens with one attached hydrogen (secondary N) is 1. The topological polar surface area (TPSA) is 29.1 Å². The molecule has 1 atom stereocenters. The lowest BCUT2D eigenvalue weighted by Gasteiger charge is -2.20. The van der Waals surface area contributed by atoms with E-state index in [4.69, 9.17) is 23.2 Å². The zero-order valence-electron chi connectivity index (χ0n) is 8.91. The molecule has 1 fully saturated rings. The average molecular weight is 308 g/mol. The molecule has 1 aromatic carbocycles. The molecule has 0 spiro atoms. The molecule has 1 heterocycles. The van der Waals surface area contributed by atoms with Crippen LogP contribution >= 0.6 is 46.7 Å². The lowest BCUT2D eigenvalue weighted by molar-refractivity contribution is -0.115. The van der Waals surface area contributed by atoms with Crippen molar-refractivity contribution in [2.45, 2.75) is 5.25 Å². The normalized spacial score (nSPS) is 20.0. The van der Waals surface area contributed by atoms with Gasteiger partial charge in [-0.1, -0.05) is 23.2 Å². The molecule has 1 aliphatic rings. The summed E-state index contributed by atoms with van der Waals surface area (Å²) in [5.41, 5.74) is 0.695. The molecule has 0 aliphatic carbocycles. The van der Waals surface area contributed by atoms with Gasteiger partial charge in [0.05, 0.1) is 15.3 Å². The Labute approximate surface area is 119 Å². The molecule has 17 heavy (non-hydrogen) atoms. The van der Waals surface area contributed by atoms with E-state index in [1.807, 2.05) is 11.8 Å². The fraction of sp³-hybridized carbons (Fsp3) is 0.364. The number of halogens is 2. The van der Waals surface area contributed by atoms with Crippen LogP contribution in [-0.4, -0.2) is 28.4 Å². The minimum Gasteiger partial charge on any atom is -0.325 e. The number of carbonyl (C=O) groups excluding carboxylic acids is 1. The summed E-state index contributed by atoms with van der Waals surface area (Å²) in [7, 11) is 0. The van der Waals surface area contributed by atoms with E-state index in [-0.39, 0.29) is 11.2 Å². The number of rotatable bonds is 2. The van der Waals surface area contributed by atoms with Crippen molar-refractivity contribution in [2.75, 3.05) is 22.6 Å². The van der Waals surface area contributed by atoms with Crippen LogP contribution in [0.2, 0.25) is 10.0 Å². The first kappa shape index (κ1) is 13.4. The Morgan fingerprint density at radius 3 is 2.76 bits per heavy atom. The molecule has 2 rings (SSSR count). The molecular formula is C11H11Cl2NOS2. The Balaban J connectivity index is 1.99. The summed E-state index contributed by atoms with van der Waals surface area (Å²) in [5, 5.41) is 3.84. The van der Waals surface area contributed by atoms with Crippen molar-refractivity contribution in [2.24, 2.45) is 0 Å². The van der Waals surface area contributed by atoms with Crippen molar-refractivity contribution in [1.29, 1.82) is 0 Å². The van der Waals surface area contributed by atoms with E-state index in [1.165, 1.54) is 0 Å². The Morgan fingerprint density at radius 1 is 1.29 bits per heavy atom. The molecule has 0 saturated carbocycles. The van der Waals surface area contributed by atoms with Crippen molar-refractivity contribution < 1.29 is 4.79 Å². The Kier molecular flexibility index (Phi) is 4.91. The van der Waals surface area contributed by atoms with Gasteiger partial charge in [0.2, 0.25) is 5.91 Å². The van der Waals surface area contributed by atoms with Crippen molar-refractivity contribution in [3.8, 4) is 0 Å². The van der Waals surface area contributed by atoms with E-state index >= 15 is 0 Å². The second-order valence-electron chi connectivity index (χ2n) is 3.55. The van der Waals surface area contributed by atoms with E-state index in [2.05, 4.69) is 5.32 Å². The molecule has 1 aliphatic heterocycles. The van der Waals surface area contributed by atoms with Gasteiger partial charge in [-0.05, 0) is 18.2 Å². The molecule has 0 radical (unpaired) electrons. The van der Waals surface area contributed by atoms with Gasteiger partial charge < -0.3 is 5.32 Å². The summed E-state index contributed by atoms with van der Waals surface area (Å²) in [6, 6.07) is 5.11. The fourth-order valence-corrected chi connectivity index (χ4v) is 4.29. The van der Waals surface area contributed by atoms with E-state index < -0.39 is 0 Å². The van der Waals surface area contributed by atoms with Crippen LogP contribution in [0.25, 0.3) is 0 Å². The molecule has 0 bridgehead atoms. The van der Waals surface area contributed by atoms with Gasteiger partial charge in [0.1, 0.15) is 0 Å². The monoisotopic (exact) mass is 307 g/mol. The third-order valence-electron chi connectivity index (χ3n) is 2.30. The Morgan fingerprint density at radius 2 is 2.12 bits per heavy atom. The van der Waals surface area contributed by atoms with Crippen LogP contribution in [0.1, 0.15) is 0 Å². The minimum atomic E-state index is 0.0307. The van der Waals surface area contributed by atoms with Crippen molar-refractivity contribution >= 4 is 58.3 Å². The summed E-state index contributed by atoms with van der Waals surface area (Å²) in [6.45, 7) is 0. The van der Waals surface area contributed by atoms with E-state index in [1.54, 1.807) is 30.0 Å². The largest absolute Gasteiger partial charge is 0.325 e. The van der Waals surface area contributed by atoms with E-state index in [0.717, 1.165) is 17.3 Å². The molecule has 1 unspecified atom stereocenters. The lowest BCUT2D eigenvalue weighted by atomic mass is 10.3. The van der Waals surface area contributed by atoms with Gasteiger partial charge in [0.25, 0.3) is 0 Å². The summed E-state index contributed by atoms with van der Waals surface area (Å²) in [5.74, 6) is 3.07. The average Bonchev–Trinajstić information content (AvgIpc) is 2.35. The van der Waals surface area contributed by atoms with Crippen LogP contribution in [0.3, 0.4) is 0 Å². The third kappa shape index (κ3) is 3.71. The highest BCUT2D eigenvalue weighted by molar-refractivity contribution is 8.07. The molecule has 1 amide bonds. The predicted octanol–water partition coefficient (Wildman–Crippen LogP) is 3.78. The molecule has 6 heteroatoms. The van der Waals surface area contributed by atoms with Crippen molar-refractivity contribution in [1.82, 2.24) is 0 Å². The number of thioether (sulfide) groups is 2. The second kappa shape index (κ2) is 6.23. The van der Waals surface area contributed by atoms with Gasteiger partial charge >= 0.3 is 0 Å². The summed E-state index contributed by atoms with van der Waals surface area (Å²) < 4.78 is 0. The highest BCUT2D eigenvalue weighted by Crippen LogP contribution is 2.27. The van der Waals surface area contributed by atoms with Crippen LogP contribution in [0.4, 0.5) is 5.69 Å².